The third kappa shape index (κ3) is 3.26. The summed E-state index contributed by atoms with van der Waals surface area (Å²) in [6.45, 7) is 3.36. The van der Waals surface area contributed by atoms with Gasteiger partial charge in [-0.3, -0.25) is 18.9 Å². The number of nitrogens with zero attached hydrogens (tertiary/aromatic N) is 2. The zero-order valence-corrected chi connectivity index (χ0v) is 18.0. The number of hydrogen-bond acceptors (Lipinski definition) is 6. The Morgan fingerprint density at radius 1 is 1.37 bits per heavy atom. The number of aromatic nitrogens is 1. The third-order valence-corrected chi connectivity index (χ3v) is 8.93. The average Bonchev–Trinajstić information content (AvgIpc) is 2.89. The van der Waals surface area contributed by atoms with Gasteiger partial charge in [-0.25, -0.2) is 9.37 Å². The Morgan fingerprint density at radius 3 is 2.80 bits per heavy atom. The molecule has 30 heavy (non-hydrogen) atoms. The lowest BCUT2D eigenvalue weighted by atomic mass is 9.86. The summed E-state index contributed by atoms with van der Waals surface area (Å²) in [4.78, 5) is 21.2. The van der Waals surface area contributed by atoms with E-state index in [9.17, 15) is 18.3 Å². The van der Waals surface area contributed by atoms with E-state index in [-0.39, 0.29) is 17.1 Å². The van der Waals surface area contributed by atoms with Crippen molar-refractivity contribution in [2.24, 2.45) is 10.7 Å². The highest BCUT2D eigenvalue weighted by Gasteiger charge is 2.56. The maximum atomic E-state index is 14.9. The van der Waals surface area contributed by atoms with Crippen molar-refractivity contribution in [2.45, 2.75) is 42.7 Å². The van der Waals surface area contributed by atoms with E-state index in [0.717, 1.165) is 0 Å². The number of amidine groups is 1. The van der Waals surface area contributed by atoms with Crippen molar-refractivity contribution in [2.75, 3.05) is 5.32 Å². The Labute approximate surface area is 179 Å². The average molecular weight is 453 g/mol. The molecule has 2 aromatic rings. The number of aliphatic imine (C=N–C) groups is 1. The Morgan fingerprint density at radius 2 is 2.10 bits per heavy atom. The molecule has 2 aliphatic heterocycles. The summed E-state index contributed by atoms with van der Waals surface area (Å²) in [5.41, 5.74) is 6.04. The number of pyridine rings is 1. The molecule has 1 saturated heterocycles. The number of amides is 1. The van der Waals surface area contributed by atoms with Crippen molar-refractivity contribution in [3.8, 4) is 0 Å². The van der Waals surface area contributed by atoms with Crippen molar-refractivity contribution >= 4 is 39.6 Å². The Kier molecular flexibility index (Phi) is 5.05. The minimum Gasteiger partial charge on any atom is -0.386 e. The minimum absolute atomic E-state index is 0.126. The molecule has 1 aromatic heterocycles. The van der Waals surface area contributed by atoms with Crippen LogP contribution in [-0.4, -0.2) is 36.3 Å². The summed E-state index contributed by atoms with van der Waals surface area (Å²) in [5, 5.41) is 1.89. The molecule has 0 radical (unpaired) electrons. The molecule has 5 N–H and O–H groups in total. The lowest BCUT2D eigenvalue weighted by Crippen LogP contribution is -2.47. The number of fused-ring (bicyclic) bond motifs is 2. The Hall–Kier alpha value is -2.20. The van der Waals surface area contributed by atoms with Crippen LogP contribution in [0.4, 0.5) is 10.1 Å². The van der Waals surface area contributed by atoms with Gasteiger partial charge >= 0.3 is 0 Å². The number of hydrogen-bond donors (Lipinski definition) is 4. The molecule has 2 bridgehead atoms. The first-order valence-electron chi connectivity index (χ1n) is 9.38. The van der Waals surface area contributed by atoms with Crippen molar-refractivity contribution in [3.05, 3.63) is 58.1 Å². The predicted molar refractivity (Wildman–Crippen MR) is 117 cm³/mol. The van der Waals surface area contributed by atoms with Crippen LogP contribution in [0.5, 0.6) is 0 Å². The van der Waals surface area contributed by atoms with E-state index in [1.54, 1.807) is 19.9 Å². The summed E-state index contributed by atoms with van der Waals surface area (Å²) in [6, 6.07) is 5.73. The van der Waals surface area contributed by atoms with Crippen LogP contribution in [0.15, 0.2) is 35.5 Å². The Bertz CT molecular complexity index is 1080. The molecule has 7 nitrogen and oxygen atoms in total. The monoisotopic (exact) mass is 452 g/mol. The molecule has 10 heteroatoms. The summed E-state index contributed by atoms with van der Waals surface area (Å²) >= 11 is 5.89. The number of carbonyl (C=O) groups excluding carboxylic acids is 1. The molecule has 0 unspecified atom stereocenters. The number of benzene rings is 1. The molecule has 0 spiro atoms. The zero-order valence-electron chi connectivity index (χ0n) is 16.4. The van der Waals surface area contributed by atoms with Gasteiger partial charge in [0, 0.05) is 17.4 Å². The summed E-state index contributed by atoms with van der Waals surface area (Å²) in [7, 11) is -3.07. The molecule has 2 aliphatic rings. The largest absolute Gasteiger partial charge is 0.386 e. The maximum Gasteiger partial charge on any atom is 0.274 e. The van der Waals surface area contributed by atoms with Crippen LogP contribution >= 0.6 is 22.2 Å². The second kappa shape index (κ2) is 7.19. The highest BCUT2D eigenvalue weighted by Crippen LogP contribution is 2.66. The lowest BCUT2D eigenvalue weighted by Gasteiger charge is -2.49. The summed E-state index contributed by atoms with van der Waals surface area (Å²) < 4.78 is 36.3. The van der Waals surface area contributed by atoms with E-state index in [1.165, 1.54) is 24.4 Å². The molecule has 1 aromatic carbocycles. The molecular formula is C20H22ClFN4O3S. The second-order valence-electron chi connectivity index (χ2n) is 7.85. The van der Waals surface area contributed by atoms with Crippen LogP contribution < -0.4 is 11.1 Å². The lowest BCUT2D eigenvalue weighted by molar-refractivity contribution is 0.102. The van der Waals surface area contributed by atoms with E-state index in [2.05, 4.69) is 15.3 Å². The first kappa shape index (κ1) is 21.0. The van der Waals surface area contributed by atoms with Gasteiger partial charge in [0.15, 0.2) is 0 Å². The van der Waals surface area contributed by atoms with Crippen LogP contribution in [-0.2, 0) is 5.54 Å². The fourth-order valence-corrected chi connectivity index (χ4v) is 7.24. The first-order chi connectivity index (χ1) is 14.0. The van der Waals surface area contributed by atoms with Gasteiger partial charge in [-0.2, -0.15) is 10.6 Å². The van der Waals surface area contributed by atoms with Gasteiger partial charge < -0.3 is 11.1 Å². The highest BCUT2D eigenvalue weighted by molar-refractivity contribution is 8.26. The number of anilines is 1. The van der Waals surface area contributed by atoms with Crippen molar-refractivity contribution in [1.82, 2.24) is 4.98 Å². The van der Waals surface area contributed by atoms with E-state index in [0.29, 0.717) is 29.1 Å². The van der Waals surface area contributed by atoms with Crippen molar-refractivity contribution in [1.29, 1.82) is 0 Å². The standard InChI is InChI=1S/C20H22ClFN4O3S/c1-10-7-11(21)9-24-17(10)19(27)25-12-3-4-14(22)13(8-12)20(2)16-6-5-15(18(23)26-20)30(16,28)29/h3-4,7-9,15-16,28-29H,5-6H2,1-2H3,(H2,23,26)(H,25,27)/t15-,16+,20+/m0/s1. The van der Waals surface area contributed by atoms with Crippen LogP contribution in [0.2, 0.25) is 5.02 Å². The number of nitrogens with one attached hydrogen (secondary N) is 1. The molecule has 160 valence electrons. The molecule has 1 amide bonds. The van der Waals surface area contributed by atoms with E-state index >= 15 is 0 Å². The van der Waals surface area contributed by atoms with Crippen molar-refractivity contribution in [3.63, 3.8) is 0 Å². The van der Waals surface area contributed by atoms with E-state index < -0.39 is 38.4 Å². The molecule has 0 saturated carbocycles. The van der Waals surface area contributed by atoms with Crippen LogP contribution in [0.1, 0.15) is 41.4 Å². The van der Waals surface area contributed by atoms with Gasteiger partial charge in [-0.15, -0.1) is 0 Å². The smallest absolute Gasteiger partial charge is 0.274 e. The third-order valence-electron chi connectivity index (χ3n) is 5.88. The molecular weight excluding hydrogens is 431 g/mol. The second-order valence-corrected chi connectivity index (χ2v) is 10.7. The summed E-state index contributed by atoms with van der Waals surface area (Å²) in [5.74, 6) is -0.904. The highest BCUT2D eigenvalue weighted by atomic mass is 35.5. The zero-order chi connectivity index (χ0) is 21.8. The van der Waals surface area contributed by atoms with Gasteiger partial charge in [0.25, 0.3) is 5.91 Å². The van der Waals surface area contributed by atoms with Gasteiger partial charge in [0.05, 0.1) is 10.3 Å². The summed E-state index contributed by atoms with van der Waals surface area (Å²) in [6.07, 6.45) is 2.34. The van der Waals surface area contributed by atoms with Crippen LogP contribution in [0.25, 0.3) is 0 Å². The minimum atomic E-state index is -3.07. The van der Waals surface area contributed by atoms with Crippen LogP contribution in [0, 0.1) is 12.7 Å². The van der Waals surface area contributed by atoms with Gasteiger partial charge in [-0.1, -0.05) is 11.6 Å². The van der Waals surface area contributed by atoms with Gasteiger partial charge in [0.2, 0.25) is 0 Å². The molecule has 0 aliphatic carbocycles. The number of halogens is 2. The predicted octanol–water partition coefficient (Wildman–Crippen LogP) is 4.30. The molecule has 4 rings (SSSR count). The van der Waals surface area contributed by atoms with E-state index in [1.807, 2.05) is 0 Å². The van der Waals surface area contributed by atoms with Crippen molar-refractivity contribution < 1.29 is 18.3 Å². The fraction of sp³-hybridized carbons (Fsp3) is 0.350. The quantitative estimate of drug-likeness (QED) is 0.553. The molecule has 3 atom stereocenters. The first-order valence-corrected chi connectivity index (χ1v) is 11.4. The number of nitrogens with two attached hydrogens (primary N) is 1. The Balaban J connectivity index is 1.71. The van der Waals surface area contributed by atoms with Gasteiger partial charge in [-0.05, 0) is 56.5 Å². The SMILES string of the molecule is Cc1cc(Cl)cnc1C(=O)Nc1ccc(F)c([C@@]2(C)N=C(N)[C@@H]3CC[C@H]2S3(O)O)c1. The molecule has 3 heterocycles. The van der Waals surface area contributed by atoms with Gasteiger partial charge in [0.1, 0.15) is 28.1 Å². The number of rotatable bonds is 3. The maximum absolute atomic E-state index is 14.9. The normalized spacial score (nSPS) is 28.0. The fourth-order valence-electron chi connectivity index (χ4n) is 4.40. The number of aryl methyl sites for hydroxylation is 1. The number of carbonyl (C=O) groups is 1. The molecule has 1 fully saturated rings. The topological polar surface area (TPSA) is 121 Å². The van der Waals surface area contributed by atoms with E-state index in [4.69, 9.17) is 17.3 Å². The van der Waals surface area contributed by atoms with Crippen LogP contribution in [0.3, 0.4) is 0 Å².